The summed E-state index contributed by atoms with van der Waals surface area (Å²) >= 11 is 5.84. The monoisotopic (exact) mass is 424 g/mol. The van der Waals surface area contributed by atoms with Gasteiger partial charge in [0.25, 0.3) is 5.91 Å². The van der Waals surface area contributed by atoms with Crippen molar-refractivity contribution < 1.29 is 9.18 Å². The van der Waals surface area contributed by atoms with E-state index in [2.05, 4.69) is 25.4 Å². The van der Waals surface area contributed by atoms with E-state index in [1.807, 2.05) is 18.3 Å². The van der Waals surface area contributed by atoms with Crippen LogP contribution in [0.2, 0.25) is 5.02 Å². The number of hydrogen-bond acceptors (Lipinski definition) is 5. The maximum absolute atomic E-state index is 14.3. The first-order valence-corrected chi connectivity index (χ1v) is 9.35. The molecule has 1 amide bonds. The van der Waals surface area contributed by atoms with Gasteiger partial charge in [0, 0.05) is 18.6 Å². The topological polar surface area (TPSA) is 94.4 Å². The molecule has 5 rings (SSSR count). The molecule has 5 aromatic rings. The Bertz CT molecular complexity index is 1350. The predicted octanol–water partition coefficient (Wildman–Crippen LogP) is 2.34. The Morgan fingerprint density at radius 3 is 2.97 bits per heavy atom. The number of imidazole rings is 3. The van der Waals surface area contributed by atoms with E-state index in [-0.39, 0.29) is 22.8 Å². The van der Waals surface area contributed by atoms with E-state index in [0.717, 1.165) is 11.3 Å². The van der Waals surface area contributed by atoms with Crippen molar-refractivity contribution in [2.45, 2.75) is 13.1 Å². The average molecular weight is 425 g/mol. The highest BCUT2D eigenvalue weighted by Crippen LogP contribution is 2.21. The maximum atomic E-state index is 14.3. The largest absolute Gasteiger partial charge is 0.345 e. The Labute approximate surface area is 173 Å². The van der Waals surface area contributed by atoms with Crippen molar-refractivity contribution in [1.29, 1.82) is 0 Å². The first-order chi connectivity index (χ1) is 14.6. The maximum Gasteiger partial charge on any atom is 0.271 e. The van der Waals surface area contributed by atoms with Gasteiger partial charge in [0.15, 0.2) is 11.5 Å². The molecule has 5 heterocycles. The molecule has 30 heavy (non-hydrogen) atoms. The van der Waals surface area contributed by atoms with Gasteiger partial charge in [0.05, 0.1) is 48.4 Å². The fraction of sp³-hybridized carbons (Fsp3) is 0.105. The van der Waals surface area contributed by atoms with E-state index >= 15 is 0 Å². The Hall–Kier alpha value is -3.79. The van der Waals surface area contributed by atoms with Crippen LogP contribution in [0.1, 0.15) is 21.9 Å². The number of nitrogens with one attached hydrogen (secondary N) is 1. The lowest BCUT2D eigenvalue weighted by Crippen LogP contribution is -2.23. The fourth-order valence-corrected chi connectivity index (χ4v) is 3.32. The normalized spacial score (nSPS) is 11.4. The number of carbonyl (C=O) groups is 1. The number of halogens is 2. The molecule has 0 atom stereocenters. The van der Waals surface area contributed by atoms with Crippen LogP contribution in [0.4, 0.5) is 4.39 Å². The summed E-state index contributed by atoms with van der Waals surface area (Å²) in [7, 11) is 0. The second-order valence-electron chi connectivity index (χ2n) is 6.60. The fourth-order valence-electron chi connectivity index (χ4n) is 3.18. The van der Waals surface area contributed by atoms with Crippen molar-refractivity contribution in [3.05, 3.63) is 83.6 Å². The highest BCUT2D eigenvalue weighted by atomic mass is 35.5. The molecule has 0 aliphatic rings. The van der Waals surface area contributed by atoms with Crippen LogP contribution in [-0.2, 0) is 13.1 Å². The zero-order valence-corrected chi connectivity index (χ0v) is 16.2. The van der Waals surface area contributed by atoms with Gasteiger partial charge >= 0.3 is 0 Å². The van der Waals surface area contributed by atoms with Crippen molar-refractivity contribution in [3.8, 4) is 0 Å². The minimum absolute atomic E-state index is 0.00327. The molecule has 0 aliphatic carbocycles. The van der Waals surface area contributed by atoms with Crippen LogP contribution in [0.5, 0.6) is 0 Å². The summed E-state index contributed by atoms with van der Waals surface area (Å²) in [6, 6.07) is 5.12. The number of pyridine rings is 1. The zero-order valence-electron chi connectivity index (χ0n) is 15.4. The highest BCUT2D eigenvalue weighted by Gasteiger charge is 2.15. The number of fused-ring (bicyclic) bond motifs is 2. The van der Waals surface area contributed by atoms with Gasteiger partial charge < -0.3 is 14.3 Å². The molecular weight excluding hydrogens is 411 g/mol. The first kappa shape index (κ1) is 18.3. The number of amides is 1. The van der Waals surface area contributed by atoms with E-state index in [9.17, 15) is 9.18 Å². The predicted molar refractivity (Wildman–Crippen MR) is 106 cm³/mol. The van der Waals surface area contributed by atoms with Crippen molar-refractivity contribution in [2.24, 2.45) is 0 Å². The Morgan fingerprint density at radius 1 is 1.20 bits per heavy atom. The molecule has 0 bridgehead atoms. The summed E-state index contributed by atoms with van der Waals surface area (Å²) in [5.74, 6) is -0.971. The van der Waals surface area contributed by atoms with Gasteiger partial charge in [-0.25, -0.2) is 23.9 Å². The van der Waals surface area contributed by atoms with Gasteiger partial charge in [-0.3, -0.25) is 4.79 Å². The second-order valence-corrected chi connectivity index (χ2v) is 7.00. The van der Waals surface area contributed by atoms with Gasteiger partial charge in [0.2, 0.25) is 0 Å². The molecular formula is C19H14ClFN8O. The Kier molecular flexibility index (Phi) is 4.40. The van der Waals surface area contributed by atoms with Crippen LogP contribution in [0.3, 0.4) is 0 Å². The van der Waals surface area contributed by atoms with Crippen molar-refractivity contribution >= 4 is 28.7 Å². The number of carbonyl (C=O) groups excluding carboxylic acids is 1. The minimum atomic E-state index is -0.577. The van der Waals surface area contributed by atoms with Crippen molar-refractivity contribution in [1.82, 2.24) is 38.9 Å². The number of rotatable bonds is 5. The summed E-state index contributed by atoms with van der Waals surface area (Å²) in [6.45, 7) is 0.483. The first-order valence-electron chi connectivity index (χ1n) is 8.97. The quantitative estimate of drug-likeness (QED) is 0.467. The molecule has 0 fully saturated rings. The third-order valence-corrected chi connectivity index (χ3v) is 4.87. The van der Waals surface area contributed by atoms with E-state index in [1.54, 1.807) is 34.0 Å². The third kappa shape index (κ3) is 3.26. The molecule has 0 aliphatic heterocycles. The van der Waals surface area contributed by atoms with Crippen LogP contribution in [-0.4, -0.2) is 39.4 Å². The molecule has 5 aromatic heterocycles. The summed E-state index contributed by atoms with van der Waals surface area (Å²) in [4.78, 5) is 25.2. The number of hydrogen-bond donors (Lipinski definition) is 1. The molecule has 9 nitrogen and oxygen atoms in total. The van der Waals surface area contributed by atoms with E-state index in [1.165, 1.54) is 16.8 Å². The number of nitrogens with zero attached hydrogens (tertiary/aromatic N) is 7. The van der Waals surface area contributed by atoms with Gasteiger partial charge in [0.1, 0.15) is 11.2 Å². The highest BCUT2D eigenvalue weighted by molar-refractivity contribution is 6.31. The molecule has 11 heteroatoms. The van der Waals surface area contributed by atoms with Crippen LogP contribution >= 0.6 is 11.6 Å². The van der Waals surface area contributed by atoms with Crippen LogP contribution in [0.15, 0.2) is 55.6 Å². The van der Waals surface area contributed by atoms with Crippen molar-refractivity contribution in [2.75, 3.05) is 0 Å². The number of aromatic nitrogens is 7. The lowest BCUT2D eigenvalue weighted by molar-refractivity contribution is 0.0946. The molecule has 150 valence electrons. The smallest absolute Gasteiger partial charge is 0.271 e. The second kappa shape index (κ2) is 7.23. The van der Waals surface area contributed by atoms with Crippen LogP contribution in [0, 0.1) is 5.82 Å². The van der Waals surface area contributed by atoms with Crippen LogP contribution in [0.25, 0.3) is 11.2 Å². The molecule has 0 saturated carbocycles. The van der Waals surface area contributed by atoms with Crippen LogP contribution < -0.4 is 5.32 Å². The molecule has 1 N–H and O–H groups in total. The standard InChI is InChI=1S/C19H14ClFN8O/c20-13-3-5-28-11-24-14(18(28)17(13)21)6-22-19(30)15-9-27(10-23-15)7-12-8-29-16(26-12)2-1-4-25-29/h1-5,8-11H,6-7H2,(H,22,30). The SMILES string of the molecule is O=C(NCc1ncn2ccc(Cl)c(F)c12)c1cn(Cc2cn3ncccc3n2)cn1. The lowest BCUT2D eigenvalue weighted by Gasteiger charge is -2.03. The summed E-state index contributed by atoms with van der Waals surface area (Å²) in [5.41, 5.74) is 2.37. The Morgan fingerprint density at radius 2 is 2.10 bits per heavy atom. The average Bonchev–Trinajstić information content (AvgIpc) is 3.47. The summed E-state index contributed by atoms with van der Waals surface area (Å²) in [5, 5.41) is 6.89. The molecule has 0 spiro atoms. The minimum Gasteiger partial charge on any atom is -0.345 e. The molecule has 0 saturated heterocycles. The third-order valence-electron chi connectivity index (χ3n) is 4.58. The molecule has 0 radical (unpaired) electrons. The van der Waals surface area contributed by atoms with E-state index < -0.39 is 11.7 Å². The Balaban J connectivity index is 1.28. The van der Waals surface area contributed by atoms with Crippen molar-refractivity contribution in [3.63, 3.8) is 0 Å². The van der Waals surface area contributed by atoms with Gasteiger partial charge in [-0.15, -0.1) is 0 Å². The molecule has 0 aromatic carbocycles. The van der Waals surface area contributed by atoms with Gasteiger partial charge in [-0.1, -0.05) is 11.6 Å². The lowest BCUT2D eigenvalue weighted by atomic mass is 10.3. The summed E-state index contributed by atoms with van der Waals surface area (Å²) in [6.07, 6.45) is 9.75. The summed E-state index contributed by atoms with van der Waals surface area (Å²) < 4.78 is 19.2. The zero-order chi connectivity index (χ0) is 20.7. The van der Waals surface area contributed by atoms with E-state index in [0.29, 0.717) is 12.2 Å². The van der Waals surface area contributed by atoms with Gasteiger partial charge in [-0.2, -0.15) is 5.10 Å². The van der Waals surface area contributed by atoms with Gasteiger partial charge in [-0.05, 0) is 18.2 Å². The molecule has 0 unspecified atom stereocenters. The van der Waals surface area contributed by atoms with E-state index in [4.69, 9.17) is 11.6 Å².